The van der Waals surface area contributed by atoms with Crippen LogP contribution in [0.1, 0.15) is 18.1 Å². The van der Waals surface area contributed by atoms with Crippen molar-refractivity contribution in [1.82, 2.24) is 5.32 Å². The van der Waals surface area contributed by atoms with E-state index in [1.165, 1.54) is 0 Å². The van der Waals surface area contributed by atoms with Gasteiger partial charge in [0.05, 0.1) is 7.11 Å². The van der Waals surface area contributed by atoms with E-state index in [1.54, 1.807) is 7.11 Å². The molecule has 2 rings (SSSR count). The highest BCUT2D eigenvalue weighted by Crippen LogP contribution is 2.35. The molecule has 0 spiro atoms. The second-order valence-electron chi connectivity index (χ2n) is 4.79. The van der Waals surface area contributed by atoms with Crippen molar-refractivity contribution >= 4 is 15.9 Å². The van der Waals surface area contributed by atoms with Gasteiger partial charge in [0.2, 0.25) is 0 Å². The molecule has 1 N–H and O–H groups in total. The lowest BCUT2D eigenvalue weighted by atomic mass is 10.2. The fourth-order valence-corrected chi connectivity index (χ4v) is 2.35. The van der Waals surface area contributed by atoms with Crippen molar-refractivity contribution in [3.8, 4) is 17.2 Å². The van der Waals surface area contributed by atoms with Crippen molar-refractivity contribution < 1.29 is 9.47 Å². The van der Waals surface area contributed by atoms with Crippen LogP contribution in [0.4, 0.5) is 0 Å². The summed E-state index contributed by atoms with van der Waals surface area (Å²) in [6.07, 6.45) is 0. The van der Waals surface area contributed by atoms with Crippen LogP contribution in [0.2, 0.25) is 0 Å². The van der Waals surface area contributed by atoms with Gasteiger partial charge in [-0.25, -0.2) is 0 Å². The maximum Gasteiger partial charge on any atom is 0.169 e. The summed E-state index contributed by atoms with van der Waals surface area (Å²) in [5.74, 6) is 2.29. The van der Waals surface area contributed by atoms with Gasteiger partial charge in [-0.3, -0.25) is 0 Å². The molecule has 2 aromatic rings. The fraction of sp³-hybridized carbons (Fsp3) is 0.294. The first kappa shape index (κ1) is 15.9. The SMILES string of the molecule is CCNCc1ccc(Br)cc1Oc1ccc(C)cc1OC. The van der Waals surface area contributed by atoms with E-state index in [1.807, 2.05) is 37.3 Å². The van der Waals surface area contributed by atoms with Gasteiger partial charge in [0, 0.05) is 16.6 Å². The quantitative estimate of drug-likeness (QED) is 0.821. The smallest absolute Gasteiger partial charge is 0.169 e. The van der Waals surface area contributed by atoms with E-state index >= 15 is 0 Å². The molecule has 0 heterocycles. The summed E-state index contributed by atoms with van der Waals surface area (Å²) in [5.41, 5.74) is 2.25. The van der Waals surface area contributed by atoms with Crippen molar-refractivity contribution in [3.05, 3.63) is 52.0 Å². The average molecular weight is 350 g/mol. The molecular formula is C17H20BrNO2. The van der Waals surface area contributed by atoms with E-state index in [0.717, 1.165) is 45.9 Å². The number of aryl methyl sites for hydroxylation is 1. The van der Waals surface area contributed by atoms with Crippen molar-refractivity contribution in [3.63, 3.8) is 0 Å². The van der Waals surface area contributed by atoms with Crippen molar-refractivity contribution in [2.75, 3.05) is 13.7 Å². The normalized spacial score (nSPS) is 10.5. The third kappa shape index (κ3) is 4.22. The first-order chi connectivity index (χ1) is 10.1. The molecule has 3 nitrogen and oxygen atoms in total. The molecule has 0 aliphatic heterocycles. The van der Waals surface area contributed by atoms with Gasteiger partial charge in [-0.2, -0.15) is 0 Å². The Balaban J connectivity index is 2.31. The monoisotopic (exact) mass is 349 g/mol. The van der Waals surface area contributed by atoms with Gasteiger partial charge < -0.3 is 14.8 Å². The molecule has 0 aromatic heterocycles. The minimum absolute atomic E-state index is 0.721. The predicted molar refractivity (Wildman–Crippen MR) is 89.3 cm³/mol. The molecule has 0 aliphatic rings. The van der Waals surface area contributed by atoms with E-state index in [-0.39, 0.29) is 0 Å². The number of benzene rings is 2. The largest absolute Gasteiger partial charge is 0.493 e. The lowest BCUT2D eigenvalue weighted by molar-refractivity contribution is 0.377. The fourth-order valence-electron chi connectivity index (χ4n) is 2.01. The standard InChI is InChI=1S/C17H20BrNO2/c1-4-19-11-13-6-7-14(18)10-16(13)21-15-8-5-12(2)9-17(15)20-3/h5-10,19H,4,11H2,1-3H3. The molecule has 21 heavy (non-hydrogen) atoms. The Bertz CT molecular complexity index is 614. The van der Waals surface area contributed by atoms with Crippen LogP contribution in [0.25, 0.3) is 0 Å². The van der Waals surface area contributed by atoms with Crippen molar-refractivity contribution in [1.29, 1.82) is 0 Å². The summed E-state index contributed by atoms with van der Waals surface area (Å²) in [6, 6.07) is 12.0. The van der Waals surface area contributed by atoms with Crippen LogP contribution in [0, 0.1) is 6.92 Å². The zero-order valence-electron chi connectivity index (χ0n) is 12.6. The first-order valence-corrected chi connectivity index (χ1v) is 7.75. The maximum absolute atomic E-state index is 6.07. The third-order valence-electron chi connectivity index (χ3n) is 3.13. The Morgan fingerprint density at radius 3 is 2.57 bits per heavy atom. The Hall–Kier alpha value is -1.52. The number of rotatable bonds is 6. The Morgan fingerprint density at radius 2 is 1.86 bits per heavy atom. The molecule has 2 aromatic carbocycles. The van der Waals surface area contributed by atoms with Gasteiger partial charge in [0.15, 0.2) is 11.5 Å². The molecule has 0 bridgehead atoms. The molecule has 0 aliphatic carbocycles. The molecule has 0 saturated carbocycles. The Labute approximate surface area is 134 Å². The summed E-state index contributed by atoms with van der Waals surface area (Å²) in [6.45, 7) is 5.81. The van der Waals surface area contributed by atoms with Crippen molar-refractivity contribution in [2.24, 2.45) is 0 Å². The second-order valence-corrected chi connectivity index (χ2v) is 5.70. The molecular weight excluding hydrogens is 330 g/mol. The number of halogens is 1. The third-order valence-corrected chi connectivity index (χ3v) is 3.63. The average Bonchev–Trinajstić information content (AvgIpc) is 2.48. The summed E-state index contributed by atoms with van der Waals surface area (Å²) < 4.78 is 12.5. The van der Waals surface area contributed by atoms with Crippen LogP contribution in [0.15, 0.2) is 40.9 Å². The lowest BCUT2D eigenvalue weighted by Crippen LogP contribution is -2.12. The number of methoxy groups -OCH3 is 1. The van der Waals surface area contributed by atoms with Crippen molar-refractivity contribution in [2.45, 2.75) is 20.4 Å². The minimum atomic E-state index is 0.721. The summed E-state index contributed by atoms with van der Waals surface area (Å²) in [4.78, 5) is 0. The zero-order valence-corrected chi connectivity index (χ0v) is 14.2. The highest BCUT2D eigenvalue weighted by atomic mass is 79.9. The van der Waals surface area contributed by atoms with E-state index in [0.29, 0.717) is 0 Å². The highest BCUT2D eigenvalue weighted by molar-refractivity contribution is 9.10. The Morgan fingerprint density at radius 1 is 1.05 bits per heavy atom. The first-order valence-electron chi connectivity index (χ1n) is 6.95. The molecule has 4 heteroatoms. The van der Waals surface area contributed by atoms with Crippen LogP contribution in [-0.4, -0.2) is 13.7 Å². The Kier molecular flexibility index (Phi) is 5.65. The number of hydrogen-bond donors (Lipinski definition) is 1. The van der Waals surface area contributed by atoms with Gasteiger partial charge in [-0.05, 0) is 43.3 Å². The molecule has 0 unspecified atom stereocenters. The topological polar surface area (TPSA) is 30.5 Å². The van der Waals surface area contributed by atoms with Crippen LogP contribution < -0.4 is 14.8 Å². The number of hydrogen-bond acceptors (Lipinski definition) is 3. The van der Waals surface area contributed by atoms with Crippen LogP contribution in [-0.2, 0) is 6.54 Å². The molecule has 0 radical (unpaired) electrons. The van der Waals surface area contributed by atoms with Crippen LogP contribution >= 0.6 is 15.9 Å². The minimum Gasteiger partial charge on any atom is -0.493 e. The summed E-state index contributed by atoms with van der Waals surface area (Å²) >= 11 is 3.49. The van der Waals surface area contributed by atoms with Gasteiger partial charge in [-0.15, -0.1) is 0 Å². The predicted octanol–water partition coefficient (Wildman–Crippen LogP) is 4.67. The van der Waals surface area contributed by atoms with Gasteiger partial charge >= 0.3 is 0 Å². The number of nitrogens with one attached hydrogen (secondary N) is 1. The number of ether oxygens (including phenoxy) is 2. The van der Waals surface area contributed by atoms with E-state index < -0.39 is 0 Å². The summed E-state index contributed by atoms with van der Waals surface area (Å²) in [7, 11) is 1.65. The van der Waals surface area contributed by atoms with E-state index in [2.05, 4.69) is 34.2 Å². The molecule has 0 saturated heterocycles. The molecule has 0 fully saturated rings. The van der Waals surface area contributed by atoms with E-state index in [9.17, 15) is 0 Å². The second kappa shape index (κ2) is 7.48. The van der Waals surface area contributed by atoms with Gasteiger partial charge in [0.25, 0.3) is 0 Å². The van der Waals surface area contributed by atoms with Gasteiger partial charge in [0.1, 0.15) is 5.75 Å². The lowest BCUT2D eigenvalue weighted by Gasteiger charge is -2.14. The summed E-state index contributed by atoms with van der Waals surface area (Å²) in [5, 5.41) is 3.32. The van der Waals surface area contributed by atoms with Gasteiger partial charge in [-0.1, -0.05) is 35.0 Å². The highest BCUT2D eigenvalue weighted by Gasteiger charge is 2.10. The van der Waals surface area contributed by atoms with Crippen LogP contribution in [0.3, 0.4) is 0 Å². The van der Waals surface area contributed by atoms with E-state index in [4.69, 9.17) is 9.47 Å². The zero-order chi connectivity index (χ0) is 15.2. The maximum atomic E-state index is 6.07. The molecule has 112 valence electrons. The molecule has 0 amide bonds. The van der Waals surface area contributed by atoms with Crippen LogP contribution in [0.5, 0.6) is 17.2 Å². The molecule has 0 atom stereocenters.